The van der Waals surface area contributed by atoms with Gasteiger partial charge < -0.3 is 0 Å². The molecule has 0 aromatic heterocycles. The number of hydrogen-bond donors (Lipinski definition) is 0. The van der Waals surface area contributed by atoms with Gasteiger partial charge in [0.25, 0.3) is 0 Å². The molecule has 3 rings (SSSR count). The van der Waals surface area contributed by atoms with Crippen LogP contribution in [0, 0.1) is 19.8 Å². The highest BCUT2D eigenvalue weighted by Gasteiger charge is 2.27. The molecule has 0 fully saturated rings. The van der Waals surface area contributed by atoms with Gasteiger partial charge in [-0.2, -0.15) is 0 Å². The first-order valence-electron chi connectivity index (χ1n) is 7.25. The van der Waals surface area contributed by atoms with E-state index >= 15 is 0 Å². The zero-order valence-electron chi connectivity index (χ0n) is 12.3. The van der Waals surface area contributed by atoms with Crippen LogP contribution in [0.1, 0.15) is 53.1 Å². The van der Waals surface area contributed by atoms with Crippen molar-refractivity contribution in [2.24, 2.45) is 5.92 Å². The molecule has 0 N–H and O–H groups in total. The van der Waals surface area contributed by atoms with Crippen molar-refractivity contribution in [3.63, 3.8) is 0 Å². The Balaban J connectivity index is 2.20. The molecule has 0 saturated carbocycles. The van der Waals surface area contributed by atoms with Crippen molar-refractivity contribution in [3.05, 3.63) is 69.8 Å². The highest BCUT2D eigenvalue weighted by molar-refractivity contribution is 5.51. The third-order valence-corrected chi connectivity index (χ3v) is 4.31. The minimum atomic E-state index is 0.556. The molecule has 0 nitrogen and oxygen atoms in total. The average Bonchev–Trinajstić information content (AvgIpc) is 2.35. The normalized spacial score (nSPS) is 14.4. The Morgan fingerprint density at radius 3 is 1.74 bits per heavy atom. The lowest BCUT2D eigenvalue weighted by Crippen LogP contribution is -2.18. The smallest absolute Gasteiger partial charge is 0.0118 e. The molecular weight excluding hydrogens is 228 g/mol. The largest absolute Gasteiger partial charge is 0.0619 e. The maximum Gasteiger partial charge on any atom is 0.0118 e. The summed E-state index contributed by atoms with van der Waals surface area (Å²) in [5, 5.41) is 0. The van der Waals surface area contributed by atoms with Crippen LogP contribution in [0.4, 0.5) is 0 Å². The molecule has 19 heavy (non-hydrogen) atoms. The molecule has 0 radical (unpaired) electrons. The molecule has 1 aliphatic carbocycles. The minimum absolute atomic E-state index is 0.556. The summed E-state index contributed by atoms with van der Waals surface area (Å²) in [5.41, 5.74) is 8.87. The number of fused-ring (bicyclic) bond motifs is 2. The summed E-state index contributed by atoms with van der Waals surface area (Å²) in [6.45, 7) is 9.05. The molecule has 1 aliphatic rings. The van der Waals surface area contributed by atoms with Crippen molar-refractivity contribution in [3.8, 4) is 0 Å². The Kier molecular flexibility index (Phi) is 2.97. The minimum Gasteiger partial charge on any atom is -0.0619 e. The molecule has 0 heterocycles. The summed E-state index contributed by atoms with van der Waals surface area (Å²) < 4.78 is 0. The van der Waals surface area contributed by atoms with Gasteiger partial charge in [-0.3, -0.25) is 0 Å². The standard InChI is InChI=1S/C19H22/c1-12(2)19-17-7-5-13(3)9-15(17)11-16-10-14(4)6-8-18(16)19/h5-10,12,19H,11H2,1-4H3. The van der Waals surface area contributed by atoms with E-state index in [9.17, 15) is 0 Å². The van der Waals surface area contributed by atoms with Crippen LogP contribution in [-0.4, -0.2) is 0 Å². The maximum atomic E-state index is 2.37. The van der Waals surface area contributed by atoms with E-state index in [-0.39, 0.29) is 0 Å². The molecule has 2 aromatic rings. The number of hydrogen-bond acceptors (Lipinski definition) is 0. The van der Waals surface area contributed by atoms with E-state index in [0.29, 0.717) is 11.8 Å². The van der Waals surface area contributed by atoms with E-state index in [1.54, 1.807) is 0 Å². The third kappa shape index (κ3) is 2.10. The van der Waals surface area contributed by atoms with Gasteiger partial charge in [-0.1, -0.05) is 61.4 Å². The van der Waals surface area contributed by atoms with E-state index in [4.69, 9.17) is 0 Å². The summed E-state index contributed by atoms with van der Waals surface area (Å²) in [6.07, 6.45) is 1.09. The second-order valence-electron chi connectivity index (χ2n) is 6.30. The lowest BCUT2D eigenvalue weighted by Gasteiger charge is -2.32. The molecule has 0 amide bonds. The summed E-state index contributed by atoms with van der Waals surface area (Å²) >= 11 is 0. The van der Waals surface area contributed by atoms with Crippen LogP contribution >= 0.6 is 0 Å². The van der Waals surface area contributed by atoms with Gasteiger partial charge in [-0.15, -0.1) is 0 Å². The van der Waals surface area contributed by atoms with E-state index < -0.39 is 0 Å². The Labute approximate surface area is 116 Å². The summed E-state index contributed by atoms with van der Waals surface area (Å²) in [7, 11) is 0. The van der Waals surface area contributed by atoms with Crippen LogP contribution < -0.4 is 0 Å². The van der Waals surface area contributed by atoms with Gasteiger partial charge in [-0.05, 0) is 48.4 Å². The van der Waals surface area contributed by atoms with Gasteiger partial charge in [0.1, 0.15) is 0 Å². The van der Waals surface area contributed by atoms with Crippen molar-refractivity contribution in [2.75, 3.05) is 0 Å². The molecule has 2 aromatic carbocycles. The molecule has 0 bridgehead atoms. The molecule has 0 aliphatic heterocycles. The predicted octanol–water partition coefficient (Wildman–Crippen LogP) is 5.00. The molecule has 98 valence electrons. The molecule has 0 spiro atoms. The number of aryl methyl sites for hydroxylation is 2. The van der Waals surface area contributed by atoms with Gasteiger partial charge in [0.15, 0.2) is 0 Å². The lowest BCUT2D eigenvalue weighted by molar-refractivity contribution is 0.549. The lowest BCUT2D eigenvalue weighted by atomic mass is 9.72. The zero-order valence-corrected chi connectivity index (χ0v) is 12.3. The Bertz CT molecular complexity index is 568. The summed E-state index contributed by atoms with van der Waals surface area (Å²) in [4.78, 5) is 0. The third-order valence-electron chi connectivity index (χ3n) is 4.31. The number of rotatable bonds is 1. The van der Waals surface area contributed by atoms with Crippen LogP contribution in [0.3, 0.4) is 0 Å². The summed E-state index contributed by atoms with van der Waals surface area (Å²) in [5.74, 6) is 1.20. The number of benzene rings is 2. The first-order chi connectivity index (χ1) is 9.06. The van der Waals surface area contributed by atoms with Crippen molar-refractivity contribution >= 4 is 0 Å². The summed E-state index contributed by atoms with van der Waals surface area (Å²) in [6, 6.07) is 13.9. The molecule has 0 atom stereocenters. The second kappa shape index (κ2) is 4.52. The van der Waals surface area contributed by atoms with Gasteiger partial charge >= 0.3 is 0 Å². The fourth-order valence-corrected chi connectivity index (χ4v) is 3.47. The maximum absolute atomic E-state index is 2.37. The Hall–Kier alpha value is -1.56. The van der Waals surface area contributed by atoms with Crippen LogP contribution in [-0.2, 0) is 6.42 Å². The highest BCUT2D eigenvalue weighted by atomic mass is 14.3. The van der Waals surface area contributed by atoms with Crippen molar-refractivity contribution in [1.82, 2.24) is 0 Å². The predicted molar refractivity (Wildman–Crippen MR) is 81.8 cm³/mol. The van der Waals surface area contributed by atoms with E-state index in [1.165, 1.54) is 33.4 Å². The van der Waals surface area contributed by atoms with Gasteiger partial charge in [0, 0.05) is 5.92 Å². The first kappa shape index (κ1) is 12.5. The van der Waals surface area contributed by atoms with E-state index in [0.717, 1.165) is 6.42 Å². The highest BCUT2D eigenvalue weighted by Crippen LogP contribution is 2.41. The topological polar surface area (TPSA) is 0 Å². The van der Waals surface area contributed by atoms with Gasteiger partial charge in [0.05, 0.1) is 0 Å². The van der Waals surface area contributed by atoms with Crippen LogP contribution in [0.2, 0.25) is 0 Å². The molecule has 0 heteroatoms. The van der Waals surface area contributed by atoms with E-state index in [2.05, 4.69) is 64.1 Å². The van der Waals surface area contributed by atoms with Crippen LogP contribution in [0.5, 0.6) is 0 Å². The van der Waals surface area contributed by atoms with Gasteiger partial charge in [-0.25, -0.2) is 0 Å². The zero-order chi connectivity index (χ0) is 13.6. The fraction of sp³-hybridized carbons (Fsp3) is 0.368. The average molecular weight is 250 g/mol. The SMILES string of the molecule is Cc1ccc2c(c1)Cc1cc(C)ccc1C2C(C)C. The molecule has 0 unspecified atom stereocenters. The Morgan fingerprint density at radius 2 is 1.32 bits per heavy atom. The van der Waals surface area contributed by atoms with Crippen LogP contribution in [0.15, 0.2) is 36.4 Å². The fourth-order valence-electron chi connectivity index (χ4n) is 3.47. The van der Waals surface area contributed by atoms with Crippen molar-refractivity contribution < 1.29 is 0 Å². The quantitative estimate of drug-likeness (QED) is 0.668. The molecule has 0 saturated heterocycles. The van der Waals surface area contributed by atoms with Crippen molar-refractivity contribution in [1.29, 1.82) is 0 Å². The second-order valence-corrected chi connectivity index (χ2v) is 6.30. The molecular formula is C19H22. The van der Waals surface area contributed by atoms with Gasteiger partial charge in [0.2, 0.25) is 0 Å². The monoisotopic (exact) mass is 250 g/mol. The van der Waals surface area contributed by atoms with Crippen molar-refractivity contribution in [2.45, 2.75) is 40.0 Å². The first-order valence-corrected chi connectivity index (χ1v) is 7.25. The van der Waals surface area contributed by atoms with E-state index in [1.807, 2.05) is 0 Å². The Morgan fingerprint density at radius 1 is 0.842 bits per heavy atom. The van der Waals surface area contributed by atoms with Crippen LogP contribution in [0.25, 0.3) is 0 Å².